The van der Waals surface area contributed by atoms with Crippen molar-refractivity contribution in [1.29, 1.82) is 0 Å². The summed E-state index contributed by atoms with van der Waals surface area (Å²) < 4.78 is 6.62. The minimum Gasteiger partial charge on any atom is -0.493 e. The Labute approximate surface area is 213 Å². The Kier molecular flexibility index (Phi) is 6.97. The Hall–Kier alpha value is -3.56. The van der Waals surface area contributed by atoms with Crippen molar-refractivity contribution in [3.8, 4) is 16.9 Å². The minimum atomic E-state index is -0.918. The zero-order chi connectivity index (χ0) is 26.2. The van der Waals surface area contributed by atoms with Crippen LogP contribution in [0, 0.1) is 6.92 Å². The van der Waals surface area contributed by atoms with Gasteiger partial charge in [-0.2, -0.15) is 0 Å². The molecule has 0 unspecified atom stereocenters. The number of aliphatic carboxylic acids is 1. The van der Waals surface area contributed by atoms with Gasteiger partial charge in [0.2, 0.25) is 0 Å². The van der Waals surface area contributed by atoms with Crippen molar-refractivity contribution in [3.05, 3.63) is 52.2 Å². The number of rotatable bonds is 4. The van der Waals surface area contributed by atoms with E-state index in [-0.39, 0.29) is 12.3 Å². The van der Waals surface area contributed by atoms with Gasteiger partial charge in [-0.3, -0.25) is 14.6 Å². The van der Waals surface area contributed by atoms with E-state index in [0.29, 0.717) is 22.7 Å². The Balaban J connectivity index is 0.000000556. The lowest BCUT2D eigenvalue weighted by atomic mass is 9.90. The lowest BCUT2D eigenvalue weighted by Gasteiger charge is -2.21. The first-order valence-electron chi connectivity index (χ1n) is 11.6. The van der Waals surface area contributed by atoms with Gasteiger partial charge in [0.15, 0.2) is 5.01 Å². The molecule has 3 heterocycles. The highest BCUT2D eigenvalue weighted by molar-refractivity contribution is 7.20. The van der Waals surface area contributed by atoms with Gasteiger partial charge in [0.1, 0.15) is 5.75 Å². The standard InChI is InChI=1S/C23H19N3O4S.C4H10O/c1-11-9-15-21(31-23(26-15)22(29)24-2)19(14(11)10-17(27)28)13-3-4-16-18-12(6-8-30-16)5-7-25-20(13)18;1-4(2,3)5/h3-5,7,9H,6,8,10H2,1-2H3,(H,24,29)(H,27,28);5H,1-3H3. The Morgan fingerprint density at radius 1 is 1.22 bits per heavy atom. The largest absolute Gasteiger partial charge is 0.493 e. The van der Waals surface area contributed by atoms with Crippen LogP contribution in [0.2, 0.25) is 0 Å². The highest BCUT2D eigenvalue weighted by Gasteiger charge is 2.24. The van der Waals surface area contributed by atoms with Crippen LogP contribution in [0.5, 0.6) is 5.75 Å². The van der Waals surface area contributed by atoms with Crippen molar-refractivity contribution >= 4 is 44.3 Å². The molecule has 2 aromatic heterocycles. The molecule has 9 heteroatoms. The van der Waals surface area contributed by atoms with Crippen LogP contribution < -0.4 is 10.1 Å². The molecule has 188 valence electrons. The van der Waals surface area contributed by atoms with Crippen molar-refractivity contribution in [3.63, 3.8) is 0 Å². The van der Waals surface area contributed by atoms with E-state index < -0.39 is 11.6 Å². The molecule has 0 atom stereocenters. The molecule has 4 aromatic rings. The van der Waals surface area contributed by atoms with Gasteiger partial charge in [-0.15, -0.1) is 11.3 Å². The number of hydrogen-bond acceptors (Lipinski definition) is 7. The van der Waals surface area contributed by atoms with Crippen molar-refractivity contribution in [2.75, 3.05) is 13.7 Å². The first kappa shape index (κ1) is 25.5. The SMILES string of the molecule is CC(C)(C)O.CNC(=O)c1nc2cc(C)c(CC(=O)O)c(-c3ccc4c5c(ccnc35)CCO4)c2s1. The summed E-state index contributed by atoms with van der Waals surface area (Å²) in [7, 11) is 1.56. The van der Waals surface area contributed by atoms with E-state index >= 15 is 0 Å². The topological polar surface area (TPSA) is 122 Å². The molecule has 0 spiro atoms. The van der Waals surface area contributed by atoms with Gasteiger partial charge in [0.25, 0.3) is 5.91 Å². The lowest BCUT2D eigenvalue weighted by molar-refractivity contribution is -0.136. The molecule has 8 nitrogen and oxygen atoms in total. The quantitative estimate of drug-likeness (QED) is 0.371. The number of nitrogens with zero attached hydrogens (tertiary/aromatic N) is 2. The number of carboxylic acid groups (broad SMARTS) is 1. The number of thiazole rings is 1. The maximum atomic E-state index is 12.2. The number of nitrogens with one attached hydrogen (secondary N) is 1. The number of aliphatic hydroxyl groups is 1. The van der Waals surface area contributed by atoms with Gasteiger partial charge in [-0.25, -0.2) is 4.98 Å². The monoisotopic (exact) mass is 507 g/mol. The van der Waals surface area contributed by atoms with E-state index in [1.165, 1.54) is 11.3 Å². The van der Waals surface area contributed by atoms with E-state index in [0.717, 1.165) is 50.0 Å². The number of hydrogen-bond donors (Lipinski definition) is 3. The number of carbonyl (C=O) groups is 2. The number of aryl methyl sites for hydroxylation is 1. The molecule has 0 saturated heterocycles. The second-order valence-electron chi connectivity index (χ2n) is 9.64. The van der Waals surface area contributed by atoms with Crippen LogP contribution in [-0.4, -0.2) is 51.3 Å². The Bertz CT molecular complexity index is 1470. The van der Waals surface area contributed by atoms with Gasteiger partial charge in [0, 0.05) is 36.2 Å². The van der Waals surface area contributed by atoms with E-state index in [1.54, 1.807) is 34.0 Å². The number of ether oxygens (including phenoxy) is 1. The third-order valence-corrected chi connectivity index (χ3v) is 6.69. The number of pyridine rings is 1. The van der Waals surface area contributed by atoms with Crippen LogP contribution in [0.4, 0.5) is 0 Å². The molecule has 3 N–H and O–H groups in total. The van der Waals surface area contributed by atoms with Crippen LogP contribution in [0.25, 0.3) is 32.2 Å². The first-order chi connectivity index (χ1) is 17.0. The van der Waals surface area contributed by atoms with Crippen LogP contribution in [0.1, 0.15) is 47.3 Å². The molecule has 1 aliphatic heterocycles. The van der Waals surface area contributed by atoms with Crippen LogP contribution in [0.15, 0.2) is 30.5 Å². The summed E-state index contributed by atoms with van der Waals surface area (Å²) in [5.41, 5.74) is 5.20. The molecule has 1 amide bonds. The van der Waals surface area contributed by atoms with Crippen LogP contribution in [-0.2, 0) is 17.6 Å². The molecule has 0 aliphatic carbocycles. The third kappa shape index (κ3) is 5.17. The molecule has 2 aromatic carbocycles. The zero-order valence-electron chi connectivity index (χ0n) is 20.9. The fourth-order valence-electron chi connectivity index (χ4n) is 4.21. The van der Waals surface area contributed by atoms with Gasteiger partial charge in [-0.05, 0) is 68.7 Å². The molecule has 0 saturated carbocycles. The van der Waals surface area contributed by atoms with Crippen LogP contribution in [0.3, 0.4) is 0 Å². The molecular formula is C27H29N3O5S. The van der Waals surface area contributed by atoms with Crippen molar-refractivity contribution in [1.82, 2.24) is 15.3 Å². The number of aromatic nitrogens is 2. The van der Waals surface area contributed by atoms with Crippen LogP contribution >= 0.6 is 11.3 Å². The second-order valence-corrected chi connectivity index (χ2v) is 10.6. The van der Waals surface area contributed by atoms with E-state index in [2.05, 4.69) is 15.3 Å². The van der Waals surface area contributed by atoms with Gasteiger partial charge in [0.05, 0.1) is 34.4 Å². The minimum absolute atomic E-state index is 0.135. The van der Waals surface area contributed by atoms with Crippen molar-refractivity contribution in [2.45, 2.75) is 46.1 Å². The molecule has 0 fully saturated rings. The van der Waals surface area contributed by atoms with Crippen molar-refractivity contribution in [2.24, 2.45) is 0 Å². The lowest BCUT2D eigenvalue weighted by Crippen LogP contribution is -2.17. The maximum absolute atomic E-state index is 12.2. The third-order valence-electron chi connectivity index (χ3n) is 5.60. The fraction of sp³-hybridized carbons (Fsp3) is 0.333. The number of carboxylic acids is 1. The summed E-state index contributed by atoms with van der Waals surface area (Å²) in [6.07, 6.45) is 2.44. The Morgan fingerprint density at radius 3 is 2.61 bits per heavy atom. The zero-order valence-corrected chi connectivity index (χ0v) is 21.7. The average Bonchev–Trinajstić information content (AvgIpc) is 3.22. The predicted molar refractivity (Wildman–Crippen MR) is 141 cm³/mol. The first-order valence-corrected chi connectivity index (χ1v) is 12.4. The normalized spacial score (nSPS) is 12.6. The average molecular weight is 508 g/mol. The number of benzene rings is 2. The maximum Gasteiger partial charge on any atom is 0.307 e. The Morgan fingerprint density at radius 2 is 1.94 bits per heavy atom. The smallest absolute Gasteiger partial charge is 0.307 e. The van der Waals surface area contributed by atoms with Gasteiger partial charge < -0.3 is 20.3 Å². The molecule has 36 heavy (non-hydrogen) atoms. The number of fused-ring (bicyclic) bond motifs is 1. The van der Waals surface area contributed by atoms with E-state index in [1.807, 2.05) is 31.2 Å². The van der Waals surface area contributed by atoms with E-state index in [4.69, 9.17) is 9.84 Å². The molecule has 0 radical (unpaired) electrons. The highest BCUT2D eigenvalue weighted by atomic mass is 32.1. The molecule has 5 rings (SSSR count). The highest BCUT2D eigenvalue weighted by Crippen LogP contribution is 2.43. The summed E-state index contributed by atoms with van der Waals surface area (Å²) in [6.45, 7) is 7.73. The summed E-state index contributed by atoms with van der Waals surface area (Å²) in [6, 6.07) is 7.69. The number of amides is 1. The summed E-state index contributed by atoms with van der Waals surface area (Å²) in [5, 5.41) is 22.0. The predicted octanol–water partition coefficient (Wildman–Crippen LogP) is 4.52. The summed E-state index contributed by atoms with van der Waals surface area (Å²) in [5.74, 6) is -0.404. The summed E-state index contributed by atoms with van der Waals surface area (Å²) >= 11 is 1.26. The van der Waals surface area contributed by atoms with Gasteiger partial charge in [-0.1, -0.05) is 0 Å². The van der Waals surface area contributed by atoms with Crippen molar-refractivity contribution < 1.29 is 24.5 Å². The summed E-state index contributed by atoms with van der Waals surface area (Å²) in [4.78, 5) is 33.1. The molecular weight excluding hydrogens is 478 g/mol. The van der Waals surface area contributed by atoms with E-state index in [9.17, 15) is 14.7 Å². The second kappa shape index (κ2) is 9.83. The fourth-order valence-corrected chi connectivity index (χ4v) is 5.28. The molecule has 0 bridgehead atoms. The number of carbonyl (C=O) groups excluding carboxylic acids is 1. The molecule has 1 aliphatic rings. The van der Waals surface area contributed by atoms with Gasteiger partial charge >= 0.3 is 5.97 Å².